The first-order valence-corrected chi connectivity index (χ1v) is 2.25. The average Bonchev–Trinajstić information content (AvgIpc) is 1.82. The van der Waals surface area contributed by atoms with Crippen LogP contribution in [0.4, 0.5) is 0 Å². The molecular formula is C3H7N4O2+. The number of aliphatic carboxylic acids is 1. The first-order valence-electron chi connectivity index (χ1n) is 2.25. The zero-order chi connectivity index (χ0) is 7.28. The van der Waals surface area contributed by atoms with Crippen molar-refractivity contribution in [1.82, 2.24) is 0 Å². The lowest BCUT2D eigenvalue weighted by Crippen LogP contribution is -2.66. The first-order chi connectivity index (χ1) is 4.18. The molecule has 0 aromatic heterocycles. The minimum Gasteiger partial charge on any atom is -0.477 e. The minimum absolute atomic E-state index is 0.0914. The zero-order valence-corrected chi connectivity index (χ0v) is 4.69. The monoisotopic (exact) mass is 131 g/mol. The van der Waals surface area contributed by atoms with Crippen molar-refractivity contribution in [1.29, 1.82) is 0 Å². The maximum Gasteiger partial charge on any atom is 0.362 e. The summed E-state index contributed by atoms with van der Waals surface area (Å²) in [6.07, 6.45) is 0. The van der Waals surface area contributed by atoms with Crippen LogP contribution in [0.3, 0.4) is 0 Å². The smallest absolute Gasteiger partial charge is 0.362 e. The van der Waals surface area contributed by atoms with Gasteiger partial charge in [-0.1, -0.05) is 5.11 Å². The van der Waals surface area contributed by atoms with Crippen LogP contribution in [0.2, 0.25) is 0 Å². The summed E-state index contributed by atoms with van der Waals surface area (Å²) in [5, 5.41) is 11.2. The largest absolute Gasteiger partial charge is 0.477 e. The second-order valence-corrected chi connectivity index (χ2v) is 1.45. The lowest BCUT2D eigenvalue weighted by molar-refractivity contribution is -0.404. The summed E-state index contributed by atoms with van der Waals surface area (Å²) in [6.45, 7) is -0.0914. The molecule has 0 aromatic carbocycles. The summed E-state index contributed by atoms with van der Waals surface area (Å²) < 4.78 is 0. The molecule has 0 saturated carbocycles. The maximum atomic E-state index is 9.96. The summed E-state index contributed by atoms with van der Waals surface area (Å²) in [4.78, 5) is 12.3. The molecule has 1 unspecified atom stereocenters. The SMILES string of the molecule is [N-]=[N+]=NCC([NH3+])C(=O)O. The Kier molecular flexibility index (Phi) is 3.19. The number of quaternary nitrogens is 1. The van der Waals surface area contributed by atoms with E-state index in [1.54, 1.807) is 0 Å². The molecule has 1 atom stereocenters. The first kappa shape index (κ1) is 7.74. The summed E-state index contributed by atoms with van der Waals surface area (Å²) >= 11 is 0. The van der Waals surface area contributed by atoms with E-state index in [1.165, 1.54) is 0 Å². The molecule has 0 radical (unpaired) electrons. The van der Waals surface area contributed by atoms with Gasteiger partial charge in [-0.2, -0.15) is 0 Å². The van der Waals surface area contributed by atoms with Crippen molar-refractivity contribution in [3.63, 3.8) is 0 Å². The third-order valence-corrected chi connectivity index (χ3v) is 0.715. The molecule has 0 aliphatic rings. The predicted octanol–water partition coefficient (Wildman–Crippen LogP) is -1.01. The molecule has 0 fully saturated rings. The van der Waals surface area contributed by atoms with E-state index in [-0.39, 0.29) is 6.54 Å². The van der Waals surface area contributed by atoms with Gasteiger partial charge < -0.3 is 10.8 Å². The van der Waals surface area contributed by atoms with Crippen molar-refractivity contribution < 1.29 is 15.6 Å². The zero-order valence-electron chi connectivity index (χ0n) is 4.69. The quantitative estimate of drug-likeness (QED) is 0.290. The predicted molar refractivity (Wildman–Crippen MR) is 28.3 cm³/mol. The van der Waals surface area contributed by atoms with E-state index in [9.17, 15) is 4.79 Å². The van der Waals surface area contributed by atoms with Gasteiger partial charge in [-0.25, -0.2) is 4.79 Å². The van der Waals surface area contributed by atoms with Crippen molar-refractivity contribution in [3.8, 4) is 0 Å². The van der Waals surface area contributed by atoms with Crippen LogP contribution in [-0.2, 0) is 4.79 Å². The number of rotatable bonds is 3. The van der Waals surface area contributed by atoms with Crippen molar-refractivity contribution in [2.24, 2.45) is 5.11 Å². The summed E-state index contributed by atoms with van der Waals surface area (Å²) in [5.74, 6) is -1.05. The van der Waals surface area contributed by atoms with Crippen LogP contribution in [0.1, 0.15) is 0 Å². The van der Waals surface area contributed by atoms with Crippen molar-refractivity contribution in [3.05, 3.63) is 10.4 Å². The maximum absolute atomic E-state index is 9.96. The highest BCUT2D eigenvalue weighted by molar-refractivity contribution is 5.71. The minimum atomic E-state index is -1.05. The molecule has 6 heteroatoms. The van der Waals surface area contributed by atoms with Crippen LogP contribution in [0, 0.1) is 0 Å². The fourth-order valence-corrected chi connectivity index (χ4v) is 0.213. The number of nitrogens with zero attached hydrogens (tertiary/aromatic N) is 3. The molecule has 0 amide bonds. The number of carboxylic acid groups (broad SMARTS) is 1. The van der Waals surface area contributed by atoms with Gasteiger partial charge in [-0.05, 0) is 5.53 Å². The van der Waals surface area contributed by atoms with Crippen LogP contribution < -0.4 is 5.73 Å². The van der Waals surface area contributed by atoms with E-state index in [2.05, 4.69) is 15.8 Å². The van der Waals surface area contributed by atoms with Crippen LogP contribution in [0.5, 0.6) is 0 Å². The standard InChI is InChI=1S/C3H6N4O2/c4-2(3(8)9)1-6-7-5/h2H,1,4H2,(H,8,9)/p+1. The van der Waals surface area contributed by atoms with Gasteiger partial charge in [0.05, 0.1) is 6.54 Å². The molecule has 0 bridgehead atoms. The molecule has 4 N–H and O–H groups in total. The number of azide groups is 1. The van der Waals surface area contributed by atoms with E-state index in [1.807, 2.05) is 0 Å². The van der Waals surface area contributed by atoms with Gasteiger partial charge in [0, 0.05) is 4.91 Å². The summed E-state index contributed by atoms with van der Waals surface area (Å²) in [6, 6.07) is -0.833. The highest BCUT2D eigenvalue weighted by atomic mass is 16.4. The van der Waals surface area contributed by atoms with E-state index >= 15 is 0 Å². The van der Waals surface area contributed by atoms with Gasteiger partial charge in [0.15, 0.2) is 6.04 Å². The van der Waals surface area contributed by atoms with E-state index in [0.717, 1.165) is 0 Å². The lowest BCUT2D eigenvalue weighted by atomic mass is 10.3. The highest BCUT2D eigenvalue weighted by Crippen LogP contribution is 1.77. The Labute approximate surface area is 50.9 Å². The number of carbonyl (C=O) groups is 1. The second-order valence-electron chi connectivity index (χ2n) is 1.45. The Morgan fingerprint density at radius 1 is 2.00 bits per heavy atom. The number of carboxylic acids is 1. The summed E-state index contributed by atoms with van der Waals surface area (Å²) in [7, 11) is 0. The van der Waals surface area contributed by atoms with Crippen molar-refractivity contribution in [2.45, 2.75) is 6.04 Å². The topological polar surface area (TPSA) is 114 Å². The average molecular weight is 131 g/mol. The Bertz CT molecular complexity index is 150. The van der Waals surface area contributed by atoms with Gasteiger partial charge in [0.2, 0.25) is 0 Å². The summed E-state index contributed by atoms with van der Waals surface area (Å²) in [5.41, 5.74) is 10.9. The molecule has 9 heavy (non-hydrogen) atoms. The van der Waals surface area contributed by atoms with Gasteiger partial charge in [-0.15, -0.1) is 0 Å². The lowest BCUT2D eigenvalue weighted by Gasteiger charge is -1.93. The molecular weight excluding hydrogens is 124 g/mol. The Balaban J connectivity index is 3.63. The normalized spacial score (nSPS) is 11.7. The van der Waals surface area contributed by atoms with E-state index in [4.69, 9.17) is 10.6 Å². The number of hydrogen-bond acceptors (Lipinski definition) is 2. The molecule has 6 nitrogen and oxygen atoms in total. The third kappa shape index (κ3) is 3.33. The Morgan fingerprint density at radius 2 is 2.56 bits per heavy atom. The van der Waals surface area contributed by atoms with Gasteiger partial charge in [-0.3, -0.25) is 0 Å². The highest BCUT2D eigenvalue weighted by Gasteiger charge is 2.12. The van der Waals surface area contributed by atoms with Crippen LogP contribution in [0.15, 0.2) is 5.11 Å². The Morgan fingerprint density at radius 3 is 2.89 bits per heavy atom. The van der Waals surface area contributed by atoms with Crippen molar-refractivity contribution in [2.75, 3.05) is 6.54 Å². The van der Waals surface area contributed by atoms with Crippen LogP contribution in [-0.4, -0.2) is 23.7 Å². The molecule has 50 valence electrons. The van der Waals surface area contributed by atoms with Gasteiger partial charge in [0.1, 0.15) is 0 Å². The fourth-order valence-electron chi connectivity index (χ4n) is 0.213. The molecule has 0 spiro atoms. The molecule has 0 rings (SSSR count). The second kappa shape index (κ2) is 3.71. The van der Waals surface area contributed by atoms with Crippen molar-refractivity contribution >= 4 is 5.97 Å². The fraction of sp³-hybridized carbons (Fsp3) is 0.667. The van der Waals surface area contributed by atoms with E-state index in [0.29, 0.717) is 0 Å². The van der Waals surface area contributed by atoms with E-state index < -0.39 is 12.0 Å². The number of hydrogen-bond donors (Lipinski definition) is 2. The third-order valence-electron chi connectivity index (χ3n) is 0.715. The van der Waals surface area contributed by atoms with Gasteiger partial charge in [0.25, 0.3) is 0 Å². The molecule has 0 aliphatic carbocycles. The molecule has 0 aliphatic heterocycles. The molecule has 0 saturated heterocycles. The molecule has 0 heterocycles. The molecule has 0 aromatic rings. The Hall–Kier alpha value is -1.26. The van der Waals surface area contributed by atoms with Crippen LogP contribution in [0.25, 0.3) is 10.4 Å². The van der Waals surface area contributed by atoms with Crippen LogP contribution >= 0.6 is 0 Å². The van der Waals surface area contributed by atoms with Gasteiger partial charge >= 0.3 is 5.97 Å².